The summed E-state index contributed by atoms with van der Waals surface area (Å²) < 4.78 is 42.4. The molecular formula is C23H22F3N9O. The van der Waals surface area contributed by atoms with Crippen LogP contribution in [0.3, 0.4) is 0 Å². The third-order valence-corrected chi connectivity index (χ3v) is 5.95. The number of hydrogen-bond acceptors (Lipinski definition) is 9. The summed E-state index contributed by atoms with van der Waals surface area (Å²) in [4.78, 5) is 18.3. The minimum absolute atomic E-state index is 0.0282. The van der Waals surface area contributed by atoms with Crippen LogP contribution in [-0.4, -0.2) is 59.9 Å². The van der Waals surface area contributed by atoms with Gasteiger partial charge in [-0.1, -0.05) is 0 Å². The van der Waals surface area contributed by atoms with Gasteiger partial charge in [0.15, 0.2) is 5.82 Å². The SMILES string of the molecule is Cn1nc(-c2ccc(N3CCC(O)(C(F)F)C3)nc2)nc1Nc1ccc(-c2ccnc(N)n2)c(F)c1. The topological polar surface area (TPSA) is 131 Å². The van der Waals surface area contributed by atoms with E-state index in [0.717, 1.165) is 0 Å². The lowest BCUT2D eigenvalue weighted by Crippen LogP contribution is -2.40. The molecule has 4 aromatic rings. The van der Waals surface area contributed by atoms with E-state index in [1.165, 1.54) is 23.1 Å². The van der Waals surface area contributed by atoms with Gasteiger partial charge in [-0.3, -0.25) is 0 Å². The fourth-order valence-corrected chi connectivity index (χ4v) is 3.97. The molecule has 1 fully saturated rings. The van der Waals surface area contributed by atoms with E-state index in [9.17, 15) is 18.3 Å². The second-order valence-electron chi connectivity index (χ2n) is 8.48. The Morgan fingerprint density at radius 1 is 1.14 bits per heavy atom. The number of pyridine rings is 1. The first-order valence-corrected chi connectivity index (χ1v) is 11.0. The Bertz CT molecular complexity index is 1400. The molecule has 0 saturated carbocycles. The molecule has 4 heterocycles. The standard InChI is InChI=1S/C23H22F3N9O/c1-34-22(30-14-3-4-15(16(24)10-14)17-6-8-28-21(27)31-17)32-19(33-34)13-2-5-18(29-11-13)35-9-7-23(36,12-35)20(25)26/h2-6,8,10-11,20,36H,7,9,12H2,1H3,(H2,27,28,31)(H,30,32,33). The molecule has 10 nitrogen and oxygen atoms in total. The number of benzene rings is 1. The zero-order chi connectivity index (χ0) is 25.4. The van der Waals surface area contributed by atoms with Crippen LogP contribution in [-0.2, 0) is 7.05 Å². The van der Waals surface area contributed by atoms with Crippen molar-refractivity contribution in [1.82, 2.24) is 29.7 Å². The van der Waals surface area contributed by atoms with Gasteiger partial charge >= 0.3 is 0 Å². The van der Waals surface area contributed by atoms with Crippen LogP contribution in [0.4, 0.5) is 36.6 Å². The van der Waals surface area contributed by atoms with Crippen LogP contribution in [0.1, 0.15) is 6.42 Å². The maximum absolute atomic E-state index is 14.7. The predicted molar refractivity (Wildman–Crippen MR) is 127 cm³/mol. The average molecular weight is 497 g/mol. The minimum Gasteiger partial charge on any atom is -0.382 e. The second kappa shape index (κ2) is 9.07. The molecule has 1 aliphatic heterocycles. The smallest absolute Gasteiger partial charge is 0.268 e. The molecule has 4 N–H and O–H groups in total. The van der Waals surface area contributed by atoms with Gasteiger partial charge in [-0.25, -0.2) is 32.8 Å². The predicted octanol–water partition coefficient (Wildman–Crippen LogP) is 3.01. The Morgan fingerprint density at radius 3 is 2.64 bits per heavy atom. The number of nitrogen functional groups attached to an aromatic ring is 1. The molecule has 0 spiro atoms. The van der Waals surface area contributed by atoms with Gasteiger partial charge in [0.1, 0.15) is 17.2 Å². The van der Waals surface area contributed by atoms with Crippen LogP contribution in [0.25, 0.3) is 22.6 Å². The number of aliphatic hydroxyl groups is 1. The van der Waals surface area contributed by atoms with Crippen LogP contribution < -0.4 is 16.0 Å². The molecule has 0 aliphatic carbocycles. The summed E-state index contributed by atoms with van der Waals surface area (Å²) in [5.74, 6) is 0.775. The van der Waals surface area contributed by atoms with Crippen LogP contribution in [0, 0.1) is 5.82 Å². The van der Waals surface area contributed by atoms with Gasteiger partial charge in [0.25, 0.3) is 6.43 Å². The van der Waals surface area contributed by atoms with E-state index >= 15 is 0 Å². The van der Waals surface area contributed by atoms with Gasteiger partial charge < -0.3 is 21.1 Å². The molecule has 186 valence electrons. The Balaban J connectivity index is 1.31. The van der Waals surface area contributed by atoms with E-state index in [1.54, 1.807) is 42.3 Å². The van der Waals surface area contributed by atoms with Gasteiger partial charge in [0.05, 0.1) is 12.2 Å². The van der Waals surface area contributed by atoms with E-state index in [1.807, 2.05) is 0 Å². The molecule has 13 heteroatoms. The van der Waals surface area contributed by atoms with Crippen LogP contribution >= 0.6 is 0 Å². The van der Waals surface area contributed by atoms with Crippen LogP contribution in [0.2, 0.25) is 0 Å². The Kier molecular flexibility index (Phi) is 5.92. The highest BCUT2D eigenvalue weighted by atomic mass is 19.3. The van der Waals surface area contributed by atoms with E-state index in [4.69, 9.17) is 5.73 Å². The highest BCUT2D eigenvalue weighted by Gasteiger charge is 2.44. The number of aryl methyl sites for hydroxylation is 1. The number of halogens is 3. The molecule has 3 aromatic heterocycles. The summed E-state index contributed by atoms with van der Waals surface area (Å²) in [7, 11) is 1.68. The third-order valence-electron chi connectivity index (χ3n) is 5.95. The monoisotopic (exact) mass is 497 g/mol. The number of nitrogens with zero attached hydrogens (tertiary/aromatic N) is 7. The van der Waals surface area contributed by atoms with Gasteiger partial charge in [0, 0.05) is 49.2 Å². The van der Waals surface area contributed by atoms with Crippen molar-refractivity contribution in [3.63, 3.8) is 0 Å². The molecule has 36 heavy (non-hydrogen) atoms. The minimum atomic E-state index is -2.82. The number of nitrogens with one attached hydrogen (secondary N) is 1. The molecule has 1 aliphatic rings. The lowest BCUT2D eigenvalue weighted by molar-refractivity contribution is -0.0800. The van der Waals surface area contributed by atoms with Crippen molar-refractivity contribution in [1.29, 1.82) is 0 Å². The van der Waals surface area contributed by atoms with Gasteiger partial charge in [-0.05, 0) is 36.4 Å². The van der Waals surface area contributed by atoms with Crippen molar-refractivity contribution in [2.45, 2.75) is 18.4 Å². The zero-order valence-corrected chi connectivity index (χ0v) is 19.1. The largest absolute Gasteiger partial charge is 0.382 e. The molecule has 1 saturated heterocycles. The molecule has 1 unspecified atom stereocenters. The first kappa shape index (κ1) is 23.5. The fourth-order valence-electron chi connectivity index (χ4n) is 3.97. The maximum Gasteiger partial charge on any atom is 0.268 e. The van der Waals surface area contributed by atoms with Crippen molar-refractivity contribution in [3.8, 4) is 22.6 Å². The summed E-state index contributed by atoms with van der Waals surface area (Å²) in [6.07, 6.45) is 0.150. The van der Waals surface area contributed by atoms with Crippen molar-refractivity contribution in [2.75, 3.05) is 29.0 Å². The number of hydrogen-bond donors (Lipinski definition) is 3. The highest BCUT2D eigenvalue weighted by molar-refractivity contribution is 5.66. The molecule has 1 atom stereocenters. The average Bonchev–Trinajstić information content (AvgIpc) is 3.43. The Labute approximate surface area is 203 Å². The zero-order valence-electron chi connectivity index (χ0n) is 19.1. The number of aromatic nitrogens is 6. The van der Waals surface area contributed by atoms with E-state index < -0.39 is 17.8 Å². The summed E-state index contributed by atoms with van der Waals surface area (Å²) in [6, 6.07) is 9.53. The molecule has 0 amide bonds. The lowest BCUT2D eigenvalue weighted by atomic mass is 10.1. The van der Waals surface area contributed by atoms with Crippen molar-refractivity contribution in [3.05, 3.63) is 54.6 Å². The molecule has 0 radical (unpaired) electrons. The normalized spacial score (nSPS) is 17.7. The Morgan fingerprint density at radius 2 is 1.97 bits per heavy atom. The molecular weight excluding hydrogens is 475 g/mol. The van der Waals surface area contributed by atoms with Gasteiger partial charge in [-0.2, -0.15) is 4.98 Å². The summed E-state index contributed by atoms with van der Waals surface area (Å²) >= 11 is 0. The summed E-state index contributed by atoms with van der Waals surface area (Å²) in [5, 5.41) is 17.4. The van der Waals surface area contributed by atoms with Crippen molar-refractivity contribution >= 4 is 23.4 Å². The van der Waals surface area contributed by atoms with Crippen LogP contribution in [0.5, 0.6) is 0 Å². The molecule has 1 aromatic carbocycles. The third kappa shape index (κ3) is 4.52. The number of alkyl halides is 2. The maximum atomic E-state index is 14.7. The second-order valence-corrected chi connectivity index (χ2v) is 8.48. The highest BCUT2D eigenvalue weighted by Crippen LogP contribution is 2.31. The number of nitrogens with two attached hydrogens (primary N) is 1. The summed E-state index contributed by atoms with van der Waals surface area (Å²) in [5.41, 5.74) is 5.27. The molecule has 5 rings (SSSR count). The van der Waals surface area contributed by atoms with E-state index in [0.29, 0.717) is 34.5 Å². The van der Waals surface area contributed by atoms with Gasteiger partial charge in [-0.15, -0.1) is 5.10 Å². The quantitative estimate of drug-likeness (QED) is 0.368. The van der Waals surface area contributed by atoms with Crippen molar-refractivity contribution < 1.29 is 18.3 Å². The van der Waals surface area contributed by atoms with E-state index in [-0.39, 0.29) is 31.0 Å². The number of anilines is 4. The van der Waals surface area contributed by atoms with Gasteiger partial charge in [0.2, 0.25) is 11.9 Å². The first-order chi connectivity index (χ1) is 17.2. The summed E-state index contributed by atoms with van der Waals surface area (Å²) in [6.45, 7) is 0.0932. The number of β-amino-alcohol motifs (C(OH)–C–C–N with tert-alkyl or cyclic N) is 1. The lowest BCUT2D eigenvalue weighted by Gasteiger charge is -2.22. The number of rotatable bonds is 6. The first-order valence-electron chi connectivity index (χ1n) is 11.0. The molecule has 0 bridgehead atoms. The van der Waals surface area contributed by atoms with E-state index in [2.05, 4.69) is 30.4 Å². The van der Waals surface area contributed by atoms with Crippen LogP contribution in [0.15, 0.2) is 48.8 Å². The fraction of sp³-hybridized carbons (Fsp3) is 0.261. The Hall–Kier alpha value is -4.26. The van der Waals surface area contributed by atoms with Crippen molar-refractivity contribution in [2.24, 2.45) is 7.05 Å².